The van der Waals surface area contributed by atoms with Gasteiger partial charge in [-0.2, -0.15) is 0 Å². The van der Waals surface area contributed by atoms with E-state index in [1.54, 1.807) is 0 Å². The van der Waals surface area contributed by atoms with E-state index in [-0.39, 0.29) is 12.5 Å². The van der Waals surface area contributed by atoms with E-state index in [0.717, 1.165) is 25.9 Å². The lowest BCUT2D eigenvalue weighted by atomic mass is 9.99. The second kappa shape index (κ2) is 7.85. The smallest absolute Gasteiger partial charge is 0.248 e. The second-order valence-corrected chi connectivity index (χ2v) is 5.71. The number of rotatable bonds is 6. The highest BCUT2D eigenvalue weighted by Crippen LogP contribution is 2.21. The summed E-state index contributed by atoms with van der Waals surface area (Å²) in [5.74, 6) is 0.188. The van der Waals surface area contributed by atoms with E-state index in [9.17, 15) is 4.79 Å². The van der Waals surface area contributed by atoms with Gasteiger partial charge in [-0.15, -0.1) is 0 Å². The minimum Gasteiger partial charge on any atom is -0.372 e. The molecule has 0 spiro atoms. The molecule has 2 heterocycles. The molecule has 0 radical (unpaired) electrons. The number of carbonyl (C=O) groups is 1. The first kappa shape index (κ1) is 14.8. The molecule has 0 aromatic heterocycles. The molecule has 1 unspecified atom stereocenters. The molecular formula is C15H28N2O2. The van der Waals surface area contributed by atoms with Gasteiger partial charge in [0.2, 0.25) is 5.91 Å². The number of hydrogen-bond donors (Lipinski definition) is 0. The van der Waals surface area contributed by atoms with Gasteiger partial charge in [-0.1, -0.05) is 0 Å². The van der Waals surface area contributed by atoms with Crippen LogP contribution in [0.1, 0.15) is 45.4 Å². The van der Waals surface area contributed by atoms with Crippen molar-refractivity contribution in [3.05, 3.63) is 0 Å². The van der Waals surface area contributed by atoms with Crippen molar-refractivity contribution in [2.45, 2.75) is 51.5 Å². The molecule has 2 saturated heterocycles. The molecule has 19 heavy (non-hydrogen) atoms. The lowest BCUT2D eigenvalue weighted by molar-refractivity contribution is -0.139. The van der Waals surface area contributed by atoms with Crippen molar-refractivity contribution in [1.29, 1.82) is 0 Å². The monoisotopic (exact) mass is 268 g/mol. The zero-order valence-corrected chi connectivity index (χ0v) is 12.3. The number of carbonyl (C=O) groups excluding carboxylic acids is 1. The fourth-order valence-corrected chi connectivity index (χ4v) is 3.24. The van der Waals surface area contributed by atoms with E-state index in [2.05, 4.69) is 9.80 Å². The summed E-state index contributed by atoms with van der Waals surface area (Å²) in [6.45, 7) is 7.40. The van der Waals surface area contributed by atoms with Crippen molar-refractivity contribution >= 4 is 5.91 Å². The molecule has 0 aromatic carbocycles. The summed E-state index contributed by atoms with van der Waals surface area (Å²) >= 11 is 0. The van der Waals surface area contributed by atoms with E-state index in [0.29, 0.717) is 12.6 Å². The third kappa shape index (κ3) is 4.46. The number of amides is 1. The molecule has 0 aliphatic carbocycles. The zero-order valence-electron chi connectivity index (χ0n) is 12.3. The minimum absolute atomic E-state index is 0.188. The van der Waals surface area contributed by atoms with Crippen molar-refractivity contribution in [3.63, 3.8) is 0 Å². The Morgan fingerprint density at radius 1 is 1.16 bits per heavy atom. The van der Waals surface area contributed by atoms with E-state index in [1.807, 2.05) is 6.92 Å². The van der Waals surface area contributed by atoms with Crippen LogP contribution in [0.15, 0.2) is 0 Å². The summed E-state index contributed by atoms with van der Waals surface area (Å²) in [5, 5.41) is 0. The van der Waals surface area contributed by atoms with Crippen molar-refractivity contribution in [3.8, 4) is 0 Å². The maximum atomic E-state index is 12.2. The number of likely N-dealkylation sites (tertiary alicyclic amines) is 2. The summed E-state index contributed by atoms with van der Waals surface area (Å²) in [5.41, 5.74) is 0. The Hall–Kier alpha value is -0.610. The molecule has 1 amide bonds. The summed E-state index contributed by atoms with van der Waals surface area (Å²) in [6.07, 6.45) is 7.42. The first-order valence-corrected chi connectivity index (χ1v) is 7.91. The lowest BCUT2D eigenvalue weighted by Crippen LogP contribution is -2.46. The maximum Gasteiger partial charge on any atom is 0.248 e. The third-order valence-electron chi connectivity index (χ3n) is 4.35. The summed E-state index contributed by atoms with van der Waals surface area (Å²) < 4.78 is 5.27. The van der Waals surface area contributed by atoms with Gasteiger partial charge < -0.3 is 14.5 Å². The highest BCUT2D eigenvalue weighted by Gasteiger charge is 2.27. The molecule has 2 aliphatic heterocycles. The lowest BCUT2D eigenvalue weighted by Gasteiger charge is -2.36. The van der Waals surface area contributed by atoms with Crippen molar-refractivity contribution in [2.24, 2.45) is 0 Å². The number of piperidine rings is 1. The van der Waals surface area contributed by atoms with Crippen LogP contribution in [0.3, 0.4) is 0 Å². The Kier molecular flexibility index (Phi) is 6.11. The Morgan fingerprint density at radius 3 is 2.63 bits per heavy atom. The number of hydrogen-bond acceptors (Lipinski definition) is 3. The molecule has 1 atom stereocenters. The molecule has 110 valence electrons. The predicted octanol–water partition coefficient (Wildman–Crippen LogP) is 1.89. The number of nitrogens with zero attached hydrogens (tertiary/aromatic N) is 2. The largest absolute Gasteiger partial charge is 0.372 e. The van der Waals surface area contributed by atoms with E-state index in [4.69, 9.17) is 4.74 Å². The average Bonchev–Trinajstić information content (AvgIpc) is 2.96. The van der Waals surface area contributed by atoms with Crippen molar-refractivity contribution < 1.29 is 9.53 Å². The van der Waals surface area contributed by atoms with Crippen LogP contribution >= 0.6 is 0 Å². The number of ether oxygens (including phenoxy) is 1. The van der Waals surface area contributed by atoms with Crippen LogP contribution in [0.5, 0.6) is 0 Å². The van der Waals surface area contributed by atoms with Crippen LogP contribution in [0.4, 0.5) is 0 Å². The Labute approximate surface area is 117 Å². The standard InChI is InChI=1S/C15H28N2O2/c1-2-19-13-15(18)17-11-4-3-7-14(17)8-12-16-9-5-6-10-16/h14H,2-13H2,1H3. The van der Waals surface area contributed by atoms with Crippen LogP contribution < -0.4 is 0 Å². The Bertz CT molecular complexity index is 277. The molecule has 2 rings (SSSR count). The van der Waals surface area contributed by atoms with Crippen molar-refractivity contribution in [1.82, 2.24) is 9.80 Å². The predicted molar refractivity (Wildman–Crippen MR) is 76.1 cm³/mol. The van der Waals surface area contributed by atoms with Gasteiger partial charge in [0.25, 0.3) is 0 Å². The zero-order chi connectivity index (χ0) is 13.5. The molecule has 0 aromatic rings. The molecule has 2 aliphatic rings. The van der Waals surface area contributed by atoms with Crippen LogP contribution in [0, 0.1) is 0 Å². The molecule has 2 fully saturated rings. The molecule has 0 N–H and O–H groups in total. The first-order valence-electron chi connectivity index (χ1n) is 7.91. The highest BCUT2D eigenvalue weighted by molar-refractivity contribution is 5.77. The van der Waals surface area contributed by atoms with Crippen LogP contribution in [-0.4, -0.2) is 61.1 Å². The summed E-state index contributed by atoms with van der Waals surface area (Å²) in [7, 11) is 0. The molecule has 0 bridgehead atoms. The summed E-state index contributed by atoms with van der Waals surface area (Å²) in [6, 6.07) is 0.447. The Morgan fingerprint density at radius 2 is 1.89 bits per heavy atom. The molecular weight excluding hydrogens is 240 g/mol. The van der Waals surface area contributed by atoms with Gasteiger partial charge in [-0.3, -0.25) is 4.79 Å². The fraction of sp³-hybridized carbons (Fsp3) is 0.933. The first-order chi connectivity index (χ1) is 9.31. The Balaban J connectivity index is 1.79. The molecule has 0 saturated carbocycles. The highest BCUT2D eigenvalue weighted by atomic mass is 16.5. The van der Waals surface area contributed by atoms with Gasteiger partial charge >= 0.3 is 0 Å². The topological polar surface area (TPSA) is 32.8 Å². The van der Waals surface area contributed by atoms with Crippen LogP contribution in [0.2, 0.25) is 0 Å². The SMILES string of the molecule is CCOCC(=O)N1CCCCC1CCN1CCCC1. The van der Waals surface area contributed by atoms with Gasteiger partial charge in [-0.05, 0) is 58.5 Å². The quantitative estimate of drug-likeness (QED) is 0.737. The normalized spacial score (nSPS) is 24.9. The van der Waals surface area contributed by atoms with Gasteiger partial charge in [0, 0.05) is 25.7 Å². The van der Waals surface area contributed by atoms with Crippen molar-refractivity contribution in [2.75, 3.05) is 39.4 Å². The molecule has 4 nitrogen and oxygen atoms in total. The van der Waals surface area contributed by atoms with Gasteiger partial charge in [0.05, 0.1) is 0 Å². The maximum absolute atomic E-state index is 12.2. The van der Waals surface area contributed by atoms with Gasteiger partial charge in [-0.25, -0.2) is 0 Å². The van der Waals surface area contributed by atoms with Crippen LogP contribution in [-0.2, 0) is 9.53 Å². The van der Waals surface area contributed by atoms with Gasteiger partial charge in [0.1, 0.15) is 6.61 Å². The fourth-order valence-electron chi connectivity index (χ4n) is 3.24. The third-order valence-corrected chi connectivity index (χ3v) is 4.35. The summed E-state index contributed by atoms with van der Waals surface area (Å²) in [4.78, 5) is 16.8. The van der Waals surface area contributed by atoms with E-state index in [1.165, 1.54) is 38.8 Å². The minimum atomic E-state index is 0.188. The van der Waals surface area contributed by atoms with Crippen LogP contribution in [0.25, 0.3) is 0 Å². The average molecular weight is 268 g/mol. The van der Waals surface area contributed by atoms with E-state index < -0.39 is 0 Å². The van der Waals surface area contributed by atoms with Gasteiger partial charge in [0.15, 0.2) is 0 Å². The second-order valence-electron chi connectivity index (χ2n) is 5.71. The molecule has 4 heteroatoms. The van der Waals surface area contributed by atoms with E-state index >= 15 is 0 Å².